The molecular weight excluding hydrogens is 468 g/mol. The van der Waals surface area contributed by atoms with Gasteiger partial charge in [0.1, 0.15) is 18.0 Å². The van der Waals surface area contributed by atoms with Gasteiger partial charge in [-0.2, -0.15) is 4.99 Å². The molecule has 6 rings (SSSR count). The van der Waals surface area contributed by atoms with Gasteiger partial charge in [-0.1, -0.05) is 47.7 Å². The Morgan fingerprint density at radius 3 is 2.34 bits per heavy atom. The molecule has 1 aromatic heterocycles. The van der Waals surface area contributed by atoms with E-state index in [9.17, 15) is 9.59 Å². The van der Waals surface area contributed by atoms with Crippen LogP contribution in [0, 0.1) is 0 Å². The van der Waals surface area contributed by atoms with Gasteiger partial charge in [0.05, 0.1) is 22.7 Å². The van der Waals surface area contributed by atoms with Gasteiger partial charge in [-0.15, -0.1) is 0 Å². The van der Waals surface area contributed by atoms with Gasteiger partial charge in [-0.05, 0) is 19.1 Å². The lowest BCUT2D eigenvalue weighted by Crippen LogP contribution is -2.25. The topological polar surface area (TPSA) is 88.4 Å². The number of nitrogens with zero attached hydrogens (tertiary/aromatic N) is 2. The first-order valence-electron chi connectivity index (χ1n) is 11.1. The van der Waals surface area contributed by atoms with Crippen LogP contribution < -0.4 is 19.0 Å². The Bertz CT molecular complexity index is 1510. The maximum absolute atomic E-state index is 13.7. The van der Waals surface area contributed by atoms with E-state index in [1.54, 1.807) is 17.6 Å². The number of amides is 1. The molecule has 2 aliphatic heterocycles. The molecule has 8 nitrogen and oxygen atoms in total. The maximum atomic E-state index is 13.7. The van der Waals surface area contributed by atoms with Gasteiger partial charge in [-0.25, -0.2) is 0 Å². The molecule has 0 saturated carbocycles. The maximum Gasteiger partial charge on any atom is 0.326 e. The number of esters is 1. The monoisotopic (exact) mass is 488 g/mol. The van der Waals surface area contributed by atoms with Gasteiger partial charge in [0.25, 0.3) is 5.91 Å². The van der Waals surface area contributed by atoms with E-state index in [-0.39, 0.29) is 25.9 Å². The van der Waals surface area contributed by atoms with Crippen molar-refractivity contribution in [1.82, 2.24) is 4.57 Å². The Balaban J connectivity index is 1.50. The second kappa shape index (κ2) is 8.59. The number of carbonyl (C=O) groups is 2. The summed E-state index contributed by atoms with van der Waals surface area (Å²) >= 11 is 1.31. The lowest BCUT2D eigenvalue weighted by Gasteiger charge is -2.25. The molecule has 0 spiro atoms. The Kier molecular flexibility index (Phi) is 5.26. The molecule has 2 aliphatic rings. The molecule has 0 atom stereocenters. The van der Waals surface area contributed by atoms with Crippen LogP contribution >= 0.6 is 11.3 Å². The fraction of sp³-hybridized carbons (Fsp3) is 0.192. The molecule has 0 N–H and O–H groups in total. The molecule has 3 aromatic carbocycles. The van der Waals surface area contributed by atoms with Crippen molar-refractivity contribution in [2.45, 2.75) is 19.4 Å². The minimum absolute atomic E-state index is 0.0828. The Labute approximate surface area is 204 Å². The standard InChI is InChI=1S/C26H20N2O6S/c1-2-31-23(29)13-28-17-11-20-21(33-14-32-20)12-22(17)35-26(28)27-25(30)24-15-7-3-5-9-18(15)34-19-10-6-4-8-16(19)24/h3-12,24H,2,13-14H2,1H3. The smallest absolute Gasteiger partial charge is 0.326 e. The summed E-state index contributed by atoms with van der Waals surface area (Å²) in [5, 5.41) is 0. The van der Waals surface area contributed by atoms with E-state index in [2.05, 4.69) is 4.99 Å². The number of benzene rings is 3. The molecule has 0 saturated heterocycles. The van der Waals surface area contributed by atoms with Gasteiger partial charge >= 0.3 is 5.97 Å². The van der Waals surface area contributed by atoms with E-state index in [0.717, 1.165) is 15.8 Å². The first kappa shape index (κ1) is 21.4. The van der Waals surface area contributed by atoms with Crippen LogP contribution in [0.15, 0.2) is 65.7 Å². The van der Waals surface area contributed by atoms with Gasteiger partial charge in [0, 0.05) is 23.3 Å². The second-order valence-electron chi connectivity index (χ2n) is 8.01. The van der Waals surface area contributed by atoms with E-state index in [1.807, 2.05) is 54.6 Å². The van der Waals surface area contributed by atoms with Crippen molar-refractivity contribution in [3.05, 3.63) is 76.6 Å². The molecule has 0 radical (unpaired) electrons. The van der Waals surface area contributed by atoms with E-state index in [1.165, 1.54) is 11.3 Å². The molecule has 0 fully saturated rings. The van der Waals surface area contributed by atoms with Crippen molar-refractivity contribution in [3.63, 3.8) is 0 Å². The fourth-order valence-electron chi connectivity index (χ4n) is 4.37. The summed E-state index contributed by atoms with van der Waals surface area (Å²) in [5.41, 5.74) is 2.21. The summed E-state index contributed by atoms with van der Waals surface area (Å²) in [7, 11) is 0. The predicted molar refractivity (Wildman–Crippen MR) is 128 cm³/mol. The SMILES string of the molecule is CCOC(=O)Cn1c(=NC(=O)C2c3ccccc3Oc3ccccc32)sc2cc3c(cc21)OCO3. The average Bonchev–Trinajstić information content (AvgIpc) is 3.45. The van der Waals surface area contributed by atoms with Crippen molar-refractivity contribution in [1.29, 1.82) is 0 Å². The zero-order valence-corrected chi connectivity index (χ0v) is 19.5. The van der Waals surface area contributed by atoms with Crippen LogP contribution in [0.1, 0.15) is 24.0 Å². The lowest BCUT2D eigenvalue weighted by molar-refractivity contribution is -0.143. The minimum Gasteiger partial charge on any atom is -0.465 e. The van der Waals surface area contributed by atoms with Crippen molar-refractivity contribution in [2.75, 3.05) is 13.4 Å². The van der Waals surface area contributed by atoms with Crippen LogP contribution in [-0.2, 0) is 20.9 Å². The van der Waals surface area contributed by atoms with Crippen LogP contribution in [0.5, 0.6) is 23.0 Å². The second-order valence-corrected chi connectivity index (χ2v) is 9.02. The normalized spacial score (nSPS) is 14.4. The molecular formula is C26H20N2O6S. The fourth-order valence-corrected chi connectivity index (χ4v) is 5.41. The zero-order valence-electron chi connectivity index (χ0n) is 18.7. The lowest BCUT2D eigenvalue weighted by atomic mass is 9.87. The van der Waals surface area contributed by atoms with E-state index < -0.39 is 11.9 Å². The summed E-state index contributed by atoms with van der Waals surface area (Å²) in [5.74, 6) is 1.06. The summed E-state index contributed by atoms with van der Waals surface area (Å²) in [6.45, 7) is 2.07. The zero-order chi connectivity index (χ0) is 23.9. The molecule has 4 aromatic rings. The van der Waals surface area contributed by atoms with Crippen molar-refractivity contribution in [3.8, 4) is 23.0 Å². The molecule has 9 heteroatoms. The van der Waals surface area contributed by atoms with Gasteiger partial charge < -0.3 is 23.5 Å². The Morgan fingerprint density at radius 1 is 1.00 bits per heavy atom. The average molecular weight is 489 g/mol. The minimum atomic E-state index is -0.630. The molecule has 0 bridgehead atoms. The number of aromatic nitrogens is 1. The molecule has 35 heavy (non-hydrogen) atoms. The highest BCUT2D eigenvalue weighted by Crippen LogP contribution is 2.44. The number of fused-ring (bicyclic) bond motifs is 4. The van der Waals surface area contributed by atoms with Gasteiger partial charge in [0.2, 0.25) is 6.79 Å². The number of hydrogen-bond donors (Lipinski definition) is 0. The number of para-hydroxylation sites is 2. The number of ether oxygens (including phenoxy) is 4. The third-order valence-corrected chi connectivity index (χ3v) is 6.94. The van der Waals surface area contributed by atoms with Crippen LogP contribution in [-0.4, -0.2) is 29.8 Å². The summed E-state index contributed by atoms with van der Waals surface area (Å²) in [4.78, 5) is 31.1. The third-order valence-electron chi connectivity index (χ3n) is 5.90. The largest absolute Gasteiger partial charge is 0.465 e. The first-order valence-corrected chi connectivity index (χ1v) is 12.0. The predicted octanol–water partition coefficient (Wildman–Crippen LogP) is 4.36. The quantitative estimate of drug-likeness (QED) is 0.397. The van der Waals surface area contributed by atoms with Crippen molar-refractivity contribution in [2.24, 2.45) is 4.99 Å². The number of hydrogen-bond acceptors (Lipinski definition) is 7. The van der Waals surface area contributed by atoms with Gasteiger partial charge in [-0.3, -0.25) is 9.59 Å². The number of thiazole rings is 1. The highest BCUT2D eigenvalue weighted by Gasteiger charge is 2.32. The first-order chi connectivity index (χ1) is 17.1. The summed E-state index contributed by atoms with van der Waals surface area (Å²) in [6.07, 6.45) is 0. The molecule has 0 aliphatic carbocycles. The number of carbonyl (C=O) groups excluding carboxylic acids is 2. The summed E-state index contributed by atoms with van der Waals surface area (Å²) in [6, 6.07) is 18.6. The Morgan fingerprint density at radius 2 is 1.66 bits per heavy atom. The van der Waals surface area contributed by atoms with E-state index >= 15 is 0 Å². The van der Waals surface area contributed by atoms with E-state index in [0.29, 0.717) is 33.3 Å². The molecule has 0 unspecified atom stereocenters. The molecule has 1 amide bonds. The summed E-state index contributed by atoms with van der Waals surface area (Å²) < 4.78 is 24.7. The van der Waals surface area contributed by atoms with Crippen LogP contribution in [0.25, 0.3) is 10.2 Å². The molecule has 3 heterocycles. The Hall–Kier alpha value is -4.11. The number of rotatable bonds is 4. The third kappa shape index (κ3) is 3.74. The highest BCUT2D eigenvalue weighted by molar-refractivity contribution is 7.16. The van der Waals surface area contributed by atoms with E-state index in [4.69, 9.17) is 18.9 Å². The van der Waals surface area contributed by atoms with Gasteiger partial charge in [0.15, 0.2) is 16.3 Å². The van der Waals surface area contributed by atoms with Crippen molar-refractivity contribution < 1.29 is 28.5 Å². The molecule has 176 valence electrons. The van der Waals surface area contributed by atoms with Crippen LogP contribution in [0.4, 0.5) is 0 Å². The van der Waals surface area contributed by atoms with Crippen LogP contribution in [0.2, 0.25) is 0 Å². The van der Waals surface area contributed by atoms with Crippen LogP contribution in [0.3, 0.4) is 0 Å². The van der Waals surface area contributed by atoms with Crippen molar-refractivity contribution >= 4 is 33.4 Å². The highest BCUT2D eigenvalue weighted by atomic mass is 32.1.